The second kappa shape index (κ2) is 12.6. The minimum atomic E-state index is -1.15. The average molecular weight is 673 g/mol. The Balaban J connectivity index is 1.05. The van der Waals surface area contributed by atoms with Gasteiger partial charge in [0.15, 0.2) is 0 Å². The first-order chi connectivity index (χ1) is 22.7. The van der Waals surface area contributed by atoms with Crippen molar-refractivity contribution < 1.29 is 19.1 Å². The van der Waals surface area contributed by atoms with E-state index in [1.54, 1.807) is 34.2 Å². The van der Waals surface area contributed by atoms with E-state index in [0.29, 0.717) is 65.4 Å². The van der Waals surface area contributed by atoms with Gasteiger partial charge in [-0.3, -0.25) is 19.0 Å². The molecule has 13 heteroatoms. The topological polar surface area (TPSA) is 135 Å². The number of pyridine rings is 1. The fraction of sp³-hybridized carbons (Fsp3) is 0.324. The van der Waals surface area contributed by atoms with Gasteiger partial charge in [-0.25, -0.2) is 14.4 Å². The monoisotopic (exact) mass is 672 g/mol. The van der Waals surface area contributed by atoms with Gasteiger partial charge in [-0.1, -0.05) is 30.3 Å². The largest absolute Gasteiger partial charge is 0.388 e. The molecule has 5 aromatic rings. The van der Waals surface area contributed by atoms with Gasteiger partial charge in [0.05, 0.1) is 23.9 Å². The van der Waals surface area contributed by atoms with Crippen molar-refractivity contribution in [1.29, 1.82) is 0 Å². The molecule has 0 bridgehead atoms. The summed E-state index contributed by atoms with van der Waals surface area (Å²) in [5.41, 5.74) is 5.97. The van der Waals surface area contributed by atoms with Crippen LogP contribution >= 0.6 is 22.7 Å². The zero-order valence-corrected chi connectivity index (χ0v) is 27.1. The van der Waals surface area contributed by atoms with Gasteiger partial charge in [0.1, 0.15) is 21.3 Å². The Morgan fingerprint density at radius 2 is 1.83 bits per heavy atom. The number of carbonyl (C=O) groups is 2. The number of hydrogen-bond acceptors (Lipinski definition) is 9. The van der Waals surface area contributed by atoms with Crippen LogP contribution in [-0.4, -0.2) is 73.0 Å². The highest BCUT2D eigenvalue weighted by Gasteiger charge is 2.42. The molecule has 242 valence electrons. The molecule has 0 aliphatic carbocycles. The van der Waals surface area contributed by atoms with Gasteiger partial charge in [-0.2, -0.15) is 0 Å². The summed E-state index contributed by atoms with van der Waals surface area (Å²) in [6.45, 7) is 1.39. The van der Waals surface area contributed by atoms with Crippen LogP contribution in [-0.2, 0) is 11.3 Å². The molecule has 7 rings (SSSR count). The molecular formula is C34H33FN6O4S2. The SMILES string of the molecule is Nc1ccc(-c2cc(F)c(C(=O)N3CC[C@@H](C(=O)N4CCC(O)(Cn5cnc6sccc6c5=O)CC4)[C@H](c4ccccc4)C3)s2)cn1. The lowest BCUT2D eigenvalue weighted by atomic mass is 9.79. The van der Waals surface area contributed by atoms with Crippen LogP contribution < -0.4 is 11.3 Å². The normalized spacial score (nSPS) is 19.6. The van der Waals surface area contributed by atoms with Crippen molar-refractivity contribution in [2.75, 3.05) is 31.9 Å². The van der Waals surface area contributed by atoms with Gasteiger partial charge in [0.2, 0.25) is 5.91 Å². The summed E-state index contributed by atoms with van der Waals surface area (Å²) in [6, 6.07) is 16.1. The molecular weight excluding hydrogens is 640 g/mol. The molecule has 0 spiro atoms. The van der Waals surface area contributed by atoms with Crippen LogP contribution in [0.4, 0.5) is 10.2 Å². The highest BCUT2D eigenvalue weighted by molar-refractivity contribution is 7.17. The van der Waals surface area contributed by atoms with Crippen LogP contribution in [0.5, 0.6) is 0 Å². The van der Waals surface area contributed by atoms with E-state index in [4.69, 9.17) is 5.73 Å². The predicted molar refractivity (Wildman–Crippen MR) is 180 cm³/mol. The lowest BCUT2D eigenvalue weighted by Gasteiger charge is -2.43. The second-order valence-electron chi connectivity index (χ2n) is 12.3. The second-order valence-corrected chi connectivity index (χ2v) is 14.2. The molecule has 1 aromatic carbocycles. The Labute approximate surface area is 277 Å². The lowest BCUT2D eigenvalue weighted by molar-refractivity contribution is -0.142. The maximum Gasteiger partial charge on any atom is 0.266 e. The number of nitrogen functional groups attached to an aromatic ring is 1. The van der Waals surface area contributed by atoms with Gasteiger partial charge in [0.25, 0.3) is 11.5 Å². The highest BCUT2D eigenvalue weighted by Crippen LogP contribution is 2.38. The number of thiophene rings is 2. The number of halogens is 1. The Hall–Kier alpha value is -4.46. The van der Waals surface area contributed by atoms with Crippen LogP contribution in [0.1, 0.15) is 40.4 Å². The van der Waals surface area contributed by atoms with E-state index in [-0.39, 0.29) is 41.3 Å². The Morgan fingerprint density at radius 1 is 1.04 bits per heavy atom. The van der Waals surface area contributed by atoms with E-state index in [1.165, 1.54) is 28.3 Å². The van der Waals surface area contributed by atoms with Crippen molar-refractivity contribution in [3.05, 3.63) is 99.1 Å². The van der Waals surface area contributed by atoms with Crippen molar-refractivity contribution in [3.8, 4) is 10.4 Å². The molecule has 2 saturated heterocycles. The fourth-order valence-corrected chi connectivity index (χ4v) is 8.40. The number of nitrogens with zero attached hydrogens (tertiary/aromatic N) is 5. The fourth-order valence-electron chi connectivity index (χ4n) is 6.68. The summed E-state index contributed by atoms with van der Waals surface area (Å²) in [5.74, 6) is -1.32. The number of aliphatic hydroxyl groups is 1. The maximum absolute atomic E-state index is 15.1. The standard InChI is InChI=1S/C34H33FN6O4S2/c35-26-16-27(22-6-7-28(36)37-17-22)47-29(26)33(44)40-12-8-23(25(18-40)21-4-2-1-3-5-21)31(42)39-13-10-34(45,11-14-39)19-41-20-38-30-24(32(41)43)9-15-46-30/h1-7,9,15-17,20,23,25,45H,8,10-14,18-19H2,(H2,36,37)/t23-,25+/m1/s1. The molecule has 0 saturated carbocycles. The van der Waals surface area contributed by atoms with Gasteiger partial charge >= 0.3 is 0 Å². The summed E-state index contributed by atoms with van der Waals surface area (Å²) in [7, 11) is 0. The number of aromatic nitrogens is 3. The number of hydrogen-bond donors (Lipinski definition) is 2. The number of nitrogens with two attached hydrogens (primary N) is 1. The third-order valence-electron chi connectivity index (χ3n) is 9.32. The van der Waals surface area contributed by atoms with Crippen molar-refractivity contribution in [2.24, 2.45) is 5.92 Å². The summed E-state index contributed by atoms with van der Waals surface area (Å²) >= 11 is 2.48. The third-order valence-corrected chi connectivity index (χ3v) is 11.3. The zero-order chi connectivity index (χ0) is 32.7. The molecule has 3 N–H and O–H groups in total. The maximum atomic E-state index is 15.1. The molecule has 2 aliphatic heterocycles. The molecule has 0 radical (unpaired) electrons. The molecule has 2 amide bonds. The van der Waals surface area contributed by atoms with Crippen LogP contribution in [0.2, 0.25) is 0 Å². The van der Waals surface area contributed by atoms with Crippen LogP contribution in [0, 0.1) is 11.7 Å². The highest BCUT2D eigenvalue weighted by atomic mass is 32.1. The number of likely N-dealkylation sites (tertiary alicyclic amines) is 2. The van der Waals surface area contributed by atoms with Gasteiger partial charge in [-0.15, -0.1) is 22.7 Å². The number of rotatable bonds is 6. The molecule has 0 unspecified atom stereocenters. The smallest absolute Gasteiger partial charge is 0.266 e. The number of piperidine rings is 2. The first-order valence-electron chi connectivity index (χ1n) is 15.5. The van der Waals surface area contributed by atoms with E-state index < -0.39 is 17.3 Å². The van der Waals surface area contributed by atoms with Crippen LogP contribution in [0.3, 0.4) is 0 Å². The molecule has 2 fully saturated rings. The number of carbonyl (C=O) groups excluding carboxylic acids is 2. The van der Waals surface area contributed by atoms with Crippen molar-refractivity contribution in [1.82, 2.24) is 24.3 Å². The van der Waals surface area contributed by atoms with E-state index in [9.17, 15) is 19.5 Å². The lowest BCUT2D eigenvalue weighted by Crippen LogP contribution is -2.53. The predicted octanol–water partition coefficient (Wildman–Crippen LogP) is 4.60. The first kappa shape index (κ1) is 31.2. The van der Waals surface area contributed by atoms with Gasteiger partial charge in [0, 0.05) is 54.7 Å². The van der Waals surface area contributed by atoms with Crippen LogP contribution in [0.25, 0.3) is 20.7 Å². The molecule has 4 aromatic heterocycles. The third kappa shape index (κ3) is 6.18. The Kier molecular flexibility index (Phi) is 8.37. The minimum Gasteiger partial charge on any atom is -0.388 e. The first-order valence-corrected chi connectivity index (χ1v) is 17.2. The molecule has 6 heterocycles. The Bertz CT molecular complexity index is 1990. The number of benzene rings is 1. The summed E-state index contributed by atoms with van der Waals surface area (Å²) in [4.78, 5) is 53.8. The zero-order valence-electron chi connectivity index (χ0n) is 25.4. The molecule has 10 nitrogen and oxygen atoms in total. The summed E-state index contributed by atoms with van der Waals surface area (Å²) in [5, 5.41) is 13.8. The summed E-state index contributed by atoms with van der Waals surface area (Å²) in [6.07, 6.45) is 4.11. The Morgan fingerprint density at radius 3 is 2.57 bits per heavy atom. The molecule has 2 aliphatic rings. The van der Waals surface area contributed by atoms with Crippen molar-refractivity contribution >= 4 is 50.5 Å². The molecule has 2 atom stereocenters. The minimum absolute atomic E-state index is 0.0213. The van der Waals surface area contributed by atoms with Crippen LogP contribution in [0.15, 0.2) is 77.3 Å². The number of fused-ring (bicyclic) bond motifs is 1. The number of amides is 2. The van der Waals surface area contributed by atoms with E-state index >= 15 is 4.39 Å². The summed E-state index contributed by atoms with van der Waals surface area (Å²) < 4.78 is 16.6. The van der Waals surface area contributed by atoms with E-state index in [0.717, 1.165) is 16.9 Å². The molecule has 47 heavy (non-hydrogen) atoms. The average Bonchev–Trinajstić information content (AvgIpc) is 3.73. The number of anilines is 1. The van der Waals surface area contributed by atoms with Crippen molar-refractivity contribution in [2.45, 2.75) is 37.3 Å². The quantitative estimate of drug-likeness (QED) is 0.269. The van der Waals surface area contributed by atoms with Gasteiger partial charge in [-0.05, 0) is 54.5 Å². The van der Waals surface area contributed by atoms with Gasteiger partial charge < -0.3 is 20.6 Å². The van der Waals surface area contributed by atoms with Crippen molar-refractivity contribution in [3.63, 3.8) is 0 Å². The van der Waals surface area contributed by atoms with E-state index in [1.807, 2.05) is 35.7 Å². The van der Waals surface area contributed by atoms with E-state index in [2.05, 4.69) is 9.97 Å².